The second kappa shape index (κ2) is 8.93. The molecule has 31 heavy (non-hydrogen) atoms. The van der Waals surface area contributed by atoms with Gasteiger partial charge in [-0.3, -0.25) is 14.6 Å². The summed E-state index contributed by atoms with van der Waals surface area (Å²) in [4.78, 5) is 12.5. The zero-order valence-electron chi connectivity index (χ0n) is 18.3. The number of amides is 1. The van der Waals surface area contributed by atoms with E-state index in [1.807, 2.05) is 12.3 Å². The van der Waals surface area contributed by atoms with Crippen LogP contribution >= 0.6 is 0 Å². The highest BCUT2D eigenvalue weighted by Gasteiger charge is 2.32. The fraction of sp³-hybridized carbons (Fsp3) is 0.524. The molecule has 0 bridgehead atoms. The Balaban J connectivity index is 1.27. The van der Waals surface area contributed by atoms with Gasteiger partial charge in [-0.2, -0.15) is 15.3 Å². The van der Waals surface area contributed by atoms with Crippen LogP contribution in [0.2, 0.25) is 0 Å². The molecule has 3 aromatic rings. The van der Waals surface area contributed by atoms with Crippen molar-refractivity contribution in [1.82, 2.24) is 30.2 Å². The minimum Gasteiger partial charge on any atom is -0.477 e. The number of aromatic amines is 2. The molecule has 0 unspecified atom stereocenters. The van der Waals surface area contributed by atoms with Crippen molar-refractivity contribution in [2.45, 2.75) is 45.1 Å². The Labute approximate surface area is 180 Å². The van der Waals surface area contributed by atoms with E-state index in [0.717, 1.165) is 30.0 Å². The summed E-state index contributed by atoms with van der Waals surface area (Å²) in [7, 11) is 3.32. The van der Waals surface area contributed by atoms with Gasteiger partial charge in [0.15, 0.2) is 5.82 Å². The number of rotatable bonds is 9. The first kappa shape index (κ1) is 21.1. The number of nitrogens with one attached hydrogen (secondary N) is 3. The second-order valence-electron chi connectivity index (χ2n) is 8.39. The smallest absolute Gasteiger partial charge is 0.275 e. The summed E-state index contributed by atoms with van der Waals surface area (Å²) < 4.78 is 12.6. The van der Waals surface area contributed by atoms with Crippen LogP contribution in [0.3, 0.4) is 0 Å². The van der Waals surface area contributed by atoms with E-state index in [4.69, 9.17) is 9.47 Å². The summed E-state index contributed by atoms with van der Waals surface area (Å²) in [5.74, 6) is 2.28. The Morgan fingerprint density at radius 3 is 2.87 bits per heavy atom. The van der Waals surface area contributed by atoms with Gasteiger partial charge in [0.05, 0.1) is 25.1 Å². The van der Waals surface area contributed by atoms with E-state index in [0.29, 0.717) is 48.2 Å². The topological polar surface area (TPSA) is 123 Å². The van der Waals surface area contributed by atoms with Gasteiger partial charge in [-0.05, 0) is 30.7 Å². The number of carbonyl (C=O) groups is 1. The summed E-state index contributed by atoms with van der Waals surface area (Å²) in [6.45, 7) is 5.27. The number of H-pyrrole nitrogens is 2. The van der Waals surface area contributed by atoms with Gasteiger partial charge in [-0.15, -0.1) is 0 Å². The van der Waals surface area contributed by atoms with Crippen LogP contribution in [0.4, 0.5) is 5.82 Å². The van der Waals surface area contributed by atoms with E-state index in [9.17, 15) is 4.79 Å². The molecule has 3 heterocycles. The summed E-state index contributed by atoms with van der Waals surface area (Å²) in [5, 5.41) is 21.4. The van der Waals surface area contributed by atoms with Gasteiger partial charge in [-0.1, -0.05) is 13.8 Å². The zero-order chi connectivity index (χ0) is 22.0. The Bertz CT molecular complexity index is 1030. The number of hydrogen-bond donors (Lipinski definition) is 3. The molecule has 10 nitrogen and oxygen atoms in total. The van der Waals surface area contributed by atoms with Crippen molar-refractivity contribution in [3.8, 4) is 5.88 Å². The summed E-state index contributed by atoms with van der Waals surface area (Å²) >= 11 is 0. The number of carbonyl (C=O) groups excluding carboxylic acids is 1. The number of aryl methyl sites for hydroxylation is 1. The largest absolute Gasteiger partial charge is 0.477 e. The molecule has 1 aliphatic carbocycles. The van der Waals surface area contributed by atoms with E-state index in [1.165, 1.54) is 4.68 Å². The van der Waals surface area contributed by atoms with Crippen LogP contribution in [0, 0.1) is 5.92 Å². The van der Waals surface area contributed by atoms with Gasteiger partial charge in [0.25, 0.3) is 5.91 Å². The monoisotopic (exact) mass is 427 g/mol. The van der Waals surface area contributed by atoms with Crippen LogP contribution < -0.4 is 10.1 Å². The first-order valence-electron chi connectivity index (χ1n) is 10.5. The number of hydrogen-bond acceptors (Lipinski definition) is 6. The zero-order valence-corrected chi connectivity index (χ0v) is 18.3. The standard InChI is InChI=1S/C21H29N7O3/c1-12(2)16-9-22-26-21(16)31-10-13-5-14(6-13)17-8-19(25-24-17)23-20(29)18-7-15(11-30-4)27-28(18)3/h7-9,12-14H,5-6,10-11H2,1-4H3,(H,22,26)(H2,23,24,25,29). The van der Waals surface area contributed by atoms with Crippen LogP contribution in [-0.4, -0.2) is 49.8 Å². The number of anilines is 1. The van der Waals surface area contributed by atoms with Crippen LogP contribution in [0.1, 0.15) is 66.0 Å². The number of nitrogens with zero attached hydrogens (tertiary/aromatic N) is 4. The molecule has 0 spiro atoms. The van der Waals surface area contributed by atoms with Gasteiger partial charge in [0.1, 0.15) is 5.69 Å². The van der Waals surface area contributed by atoms with Crippen molar-refractivity contribution >= 4 is 11.7 Å². The van der Waals surface area contributed by atoms with E-state index in [2.05, 4.69) is 44.7 Å². The molecule has 10 heteroatoms. The van der Waals surface area contributed by atoms with Crippen LogP contribution in [0.25, 0.3) is 0 Å². The van der Waals surface area contributed by atoms with E-state index in [1.54, 1.807) is 20.2 Å². The third-order valence-corrected chi connectivity index (χ3v) is 5.69. The van der Waals surface area contributed by atoms with E-state index < -0.39 is 0 Å². The molecule has 166 valence electrons. The SMILES string of the molecule is COCc1cc(C(=O)Nc2cc(C3CC(COc4[nH]ncc4C(C)C)C3)[nH]n2)n(C)n1. The average Bonchev–Trinajstić information content (AvgIpc) is 3.41. The van der Waals surface area contributed by atoms with Crippen LogP contribution in [0.5, 0.6) is 5.88 Å². The maximum absolute atomic E-state index is 12.5. The quantitative estimate of drug-likeness (QED) is 0.482. The van der Waals surface area contributed by atoms with Crippen LogP contribution in [0.15, 0.2) is 18.3 Å². The first-order chi connectivity index (χ1) is 14.9. The normalized spacial score (nSPS) is 18.2. The molecule has 1 saturated carbocycles. The maximum Gasteiger partial charge on any atom is 0.275 e. The lowest BCUT2D eigenvalue weighted by molar-refractivity contribution is 0.101. The van der Waals surface area contributed by atoms with Crippen molar-refractivity contribution < 1.29 is 14.3 Å². The molecular formula is C21H29N7O3. The van der Waals surface area contributed by atoms with Gasteiger partial charge < -0.3 is 14.8 Å². The lowest BCUT2D eigenvalue weighted by atomic mass is 9.74. The number of aromatic nitrogens is 6. The van der Waals surface area contributed by atoms with Crippen molar-refractivity contribution in [3.63, 3.8) is 0 Å². The van der Waals surface area contributed by atoms with Crippen LogP contribution in [-0.2, 0) is 18.4 Å². The summed E-state index contributed by atoms with van der Waals surface area (Å²) in [6.07, 6.45) is 3.86. The molecule has 1 aliphatic rings. The van der Waals surface area contributed by atoms with Gasteiger partial charge in [-0.25, -0.2) is 5.10 Å². The summed E-state index contributed by atoms with van der Waals surface area (Å²) in [5.41, 5.74) is 3.29. The molecule has 4 rings (SSSR count). The number of ether oxygens (including phenoxy) is 2. The van der Waals surface area contributed by atoms with Crippen molar-refractivity contribution in [3.05, 3.63) is 41.0 Å². The van der Waals surface area contributed by atoms with E-state index in [-0.39, 0.29) is 5.91 Å². The highest BCUT2D eigenvalue weighted by molar-refractivity contribution is 6.02. The molecule has 0 atom stereocenters. The average molecular weight is 428 g/mol. The predicted molar refractivity (Wildman–Crippen MR) is 114 cm³/mol. The molecule has 0 saturated heterocycles. The van der Waals surface area contributed by atoms with Gasteiger partial charge >= 0.3 is 0 Å². The molecular weight excluding hydrogens is 398 g/mol. The summed E-state index contributed by atoms with van der Waals surface area (Å²) in [6, 6.07) is 3.62. The molecule has 1 amide bonds. The molecule has 0 radical (unpaired) electrons. The third-order valence-electron chi connectivity index (χ3n) is 5.69. The van der Waals surface area contributed by atoms with Crippen molar-refractivity contribution in [1.29, 1.82) is 0 Å². The minimum absolute atomic E-state index is 0.254. The Kier molecular flexibility index (Phi) is 6.08. The van der Waals surface area contributed by atoms with Crippen molar-refractivity contribution in [2.24, 2.45) is 13.0 Å². The predicted octanol–water partition coefficient (Wildman–Crippen LogP) is 2.96. The second-order valence-corrected chi connectivity index (χ2v) is 8.39. The molecule has 3 N–H and O–H groups in total. The lowest BCUT2D eigenvalue weighted by Crippen LogP contribution is -2.27. The maximum atomic E-state index is 12.5. The molecule has 0 aliphatic heterocycles. The number of methoxy groups -OCH3 is 1. The van der Waals surface area contributed by atoms with Gasteiger partial charge in [0, 0.05) is 37.4 Å². The highest BCUT2D eigenvalue weighted by atomic mass is 16.5. The molecule has 1 fully saturated rings. The fourth-order valence-corrected chi connectivity index (χ4v) is 3.89. The lowest BCUT2D eigenvalue weighted by Gasteiger charge is -2.34. The minimum atomic E-state index is -0.254. The molecule has 0 aromatic carbocycles. The van der Waals surface area contributed by atoms with E-state index >= 15 is 0 Å². The van der Waals surface area contributed by atoms with Gasteiger partial charge in [0.2, 0.25) is 5.88 Å². The first-order valence-corrected chi connectivity index (χ1v) is 10.5. The Hall–Kier alpha value is -3.14. The fourth-order valence-electron chi connectivity index (χ4n) is 3.89. The highest BCUT2D eigenvalue weighted by Crippen LogP contribution is 2.41. The molecule has 3 aromatic heterocycles. The Morgan fingerprint density at radius 1 is 1.32 bits per heavy atom. The van der Waals surface area contributed by atoms with Crippen molar-refractivity contribution in [2.75, 3.05) is 19.0 Å². The third kappa shape index (κ3) is 4.63. The Morgan fingerprint density at radius 2 is 2.13 bits per heavy atom.